The monoisotopic (exact) mass is 214 g/mol. The molecule has 0 spiro atoms. The van der Waals surface area contributed by atoms with E-state index in [2.05, 4.69) is 28.1 Å². The molecule has 0 saturated carbocycles. The molecule has 1 aromatic carbocycles. The largest absolute Gasteiger partial charge is 0.377 e. The number of halogens is 1. The summed E-state index contributed by atoms with van der Waals surface area (Å²) < 4.78 is 6.35. The number of benzene rings is 1. The molecule has 0 aliphatic heterocycles. The third-order valence-electron chi connectivity index (χ3n) is 1.39. The Morgan fingerprint density at radius 1 is 1.27 bits per heavy atom. The second-order valence-corrected chi connectivity index (χ2v) is 3.18. The van der Waals surface area contributed by atoms with E-state index in [-0.39, 0.29) is 0 Å². The van der Waals surface area contributed by atoms with E-state index in [1.165, 1.54) is 5.56 Å². The normalized spacial score (nSPS) is 10.0. The van der Waals surface area contributed by atoms with Crippen LogP contribution in [0.3, 0.4) is 0 Å². The van der Waals surface area contributed by atoms with Gasteiger partial charge in [-0.1, -0.05) is 28.1 Å². The SMILES string of the molecule is CCOCc1ccc(Br)cc1. The molecule has 0 atom stereocenters. The van der Waals surface area contributed by atoms with Gasteiger partial charge in [0, 0.05) is 11.1 Å². The van der Waals surface area contributed by atoms with Gasteiger partial charge in [-0.3, -0.25) is 0 Å². The van der Waals surface area contributed by atoms with Crippen molar-refractivity contribution in [1.29, 1.82) is 0 Å². The van der Waals surface area contributed by atoms with Crippen molar-refractivity contribution in [3.8, 4) is 0 Å². The summed E-state index contributed by atoms with van der Waals surface area (Å²) in [5, 5.41) is 0. The predicted molar refractivity (Wildman–Crippen MR) is 49.5 cm³/mol. The van der Waals surface area contributed by atoms with Crippen LogP contribution in [0.4, 0.5) is 0 Å². The number of hydrogen-bond donors (Lipinski definition) is 0. The van der Waals surface area contributed by atoms with Crippen LogP contribution in [0, 0.1) is 0 Å². The lowest BCUT2D eigenvalue weighted by atomic mass is 10.2. The Kier molecular flexibility index (Phi) is 3.60. The van der Waals surface area contributed by atoms with Gasteiger partial charge in [0.25, 0.3) is 0 Å². The Bertz CT molecular complexity index is 205. The van der Waals surface area contributed by atoms with Crippen LogP contribution in [0.15, 0.2) is 28.7 Å². The van der Waals surface area contributed by atoms with Gasteiger partial charge in [0.15, 0.2) is 0 Å². The molecule has 2 heteroatoms. The number of ether oxygens (including phenoxy) is 1. The molecule has 0 aromatic heterocycles. The first-order valence-electron chi connectivity index (χ1n) is 3.65. The smallest absolute Gasteiger partial charge is 0.0716 e. The highest BCUT2D eigenvalue weighted by Gasteiger charge is 1.90. The predicted octanol–water partition coefficient (Wildman–Crippen LogP) is 2.99. The summed E-state index contributed by atoms with van der Waals surface area (Å²) >= 11 is 3.37. The van der Waals surface area contributed by atoms with Crippen molar-refractivity contribution in [3.05, 3.63) is 34.3 Å². The van der Waals surface area contributed by atoms with Crippen molar-refractivity contribution in [2.24, 2.45) is 0 Å². The molecular weight excluding hydrogens is 204 g/mol. The van der Waals surface area contributed by atoms with E-state index in [0.29, 0.717) is 6.61 Å². The summed E-state index contributed by atoms with van der Waals surface area (Å²) in [6.07, 6.45) is 0. The van der Waals surface area contributed by atoms with Gasteiger partial charge in [-0.05, 0) is 24.6 Å². The van der Waals surface area contributed by atoms with Crippen molar-refractivity contribution in [2.45, 2.75) is 13.5 Å². The van der Waals surface area contributed by atoms with Gasteiger partial charge in [0.1, 0.15) is 0 Å². The van der Waals surface area contributed by atoms with Crippen molar-refractivity contribution in [3.63, 3.8) is 0 Å². The van der Waals surface area contributed by atoms with E-state index in [1.54, 1.807) is 0 Å². The van der Waals surface area contributed by atoms with Crippen LogP contribution < -0.4 is 0 Å². The minimum atomic E-state index is 0.712. The number of rotatable bonds is 3. The first-order valence-corrected chi connectivity index (χ1v) is 4.44. The van der Waals surface area contributed by atoms with Gasteiger partial charge in [-0.15, -0.1) is 0 Å². The summed E-state index contributed by atoms with van der Waals surface area (Å²) in [7, 11) is 0. The first kappa shape index (κ1) is 8.75. The first-order chi connectivity index (χ1) is 5.33. The molecule has 11 heavy (non-hydrogen) atoms. The molecule has 1 nitrogen and oxygen atoms in total. The average Bonchev–Trinajstić information content (AvgIpc) is 2.04. The third kappa shape index (κ3) is 3.04. The van der Waals surface area contributed by atoms with Crippen LogP contribution in [0.5, 0.6) is 0 Å². The Morgan fingerprint density at radius 2 is 1.91 bits per heavy atom. The third-order valence-corrected chi connectivity index (χ3v) is 1.91. The summed E-state index contributed by atoms with van der Waals surface area (Å²) in [5.41, 5.74) is 1.22. The van der Waals surface area contributed by atoms with Crippen LogP contribution >= 0.6 is 15.9 Å². The molecule has 0 fully saturated rings. The van der Waals surface area contributed by atoms with Gasteiger partial charge < -0.3 is 4.74 Å². The van der Waals surface area contributed by atoms with E-state index < -0.39 is 0 Å². The molecule has 0 unspecified atom stereocenters. The second-order valence-electron chi connectivity index (χ2n) is 2.26. The lowest BCUT2D eigenvalue weighted by Gasteiger charge is -2.00. The fraction of sp³-hybridized carbons (Fsp3) is 0.333. The quantitative estimate of drug-likeness (QED) is 0.753. The summed E-state index contributed by atoms with van der Waals surface area (Å²) in [6.45, 7) is 3.48. The molecular formula is C9H11BrO. The maximum absolute atomic E-state index is 5.24. The lowest BCUT2D eigenvalue weighted by molar-refractivity contribution is 0.134. The van der Waals surface area contributed by atoms with Crippen LogP contribution in [0.25, 0.3) is 0 Å². The fourth-order valence-corrected chi connectivity index (χ4v) is 1.06. The molecule has 0 bridgehead atoms. The maximum Gasteiger partial charge on any atom is 0.0716 e. The van der Waals surface area contributed by atoms with Crippen molar-refractivity contribution >= 4 is 15.9 Å². The molecule has 0 N–H and O–H groups in total. The highest BCUT2D eigenvalue weighted by Crippen LogP contribution is 2.10. The number of hydrogen-bond acceptors (Lipinski definition) is 1. The zero-order valence-corrected chi connectivity index (χ0v) is 8.10. The Hall–Kier alpha value is -0.340. The Morgan fingerprint density at radius 3 is 2.45 bits per heavy atom. The summed E-state index contributed by atoms with van der Waals surface area (Å²) in [5.74, 6) is 0. The van der Waals surface area contributed by atoms with Gasteiger partial charge in [-0.25, -0.2) is 0 Å². The van der Waals surface area contributed by atoms with Crippen LogP contribution in [0.1, 0.15) is 12.5 Å². The van der Waals surface area contributed by atoms with E-state index in [1.807, 2.05) is 19.1 Å². The highest BCUT2D eigenvalue weighted by molar-refractivity contribution is 9.10. The van der Waals surface area contributed by atoms with Crippen molar-refractivity contribution < 1.29 is 4.74 Å². The zero-order chi connectivity index (χ0) is 8.10. The standard InChI is InChI=1S/C9H11BrO/c1-2-11-7-8-3-5-9(10)6-4-8/h3-6H,2,7H2,1H3. The van der Waals surface area contributed by atoms with Gasteiger partial charge in [-0.2, -0.15) is 0 Å². The minimum Gasteiger partial charge on any atom is -0.377 e. The van der Waals surface area contributed by atoms with Crippen LogP contribution in [0.2, 0.25) is 0 Å². The van der Waals surface area contributed by atoms with E-state index >= 15 is 0 Å². The van der Waals surface area contributed by atoms with Gasteiger partial charge >= 0.3 is 0 Å². The van der Waals surface area contributed by atoms with E-state index in [4.69, 9.17) is 4.74 Å². The minimum absolute atomic E-state index is 0.712. The van der Waals surface area contributed by atoms with Crippen molar-refractivity contribution in [1.82, 2.24) is 0 Å². The molecule has 1 aromatic rings. The molecule has 0 heterocycles. The Labute approximate surface area is 75.5 Å². The lowest BCUT2D eigenvalue weighted by Crippen LogP contribution is -1.90. The Balaban J connectivity index is 2.52. The molecule has 0 radical (unpaired) electrons. The molecule has 0 amide bonds. The molecule has 60 valence electrons. The topological polar surface area (TPSA) is 9.23 Å². The maximum atomic E-state index is 5.24. The average molecular weight is 215 g/mol. The van der Waals surface area contributed by atoms with Crippen LogP contribution in [-0.4, -0.2) is 6.61 Å². The zero-order valence-electron chi connectivity index (χ0n) is 6.51. The van der Waals surface area contributed by atoms with E-state index in [9.17, 15) is 0 Å². The molecule has 1 rings (SSSR count). The fourth-order valence-electron chi connectivity index (χ4n) is 0.801. The summed E-state index contributed by atoms with van der Waals surface area (Å²) in [4.78, 5) is 0. The van der Waals surface area contributed by atoms with Crippen molar-refractivity contribution in [2.75, 3.05) is 6.61 Å². The van der Waals surface area contributed by atoms with Crippen LogP contribution in [-0.2, 0) is 11.3 Å². The molecule has 0 aliphatic carbocycles. The summed E-state index contributed by atoms with van der Waals surface area (Å²) in [6, 6.07) is 8.15. The molecule has 0 saturated heterocycles. The van der Waals surface area contributed by atoms with E-state index in [0.717, 1.165) is 11.1 Å². The highest BCUT2D eigenvalue weighted by atomic mass is 79.9. The van der Waals surface area contributed by atoms with Gasteiger partial charge in [0.05, 0.1) is 6.61 Å². The molecule has 0 aliphatic rings. The second kappa shape index (κ2) is 4.52. The van der Waals surface area contributed by atoms with Gasteiger partial charge in [0.2, 0.25) is 0 Å².